The fourth-order valence-corrected chi connectivity index (χ4v) is 4.58. The lowest BCUT2D eigenvalue weighted by Gasteiger charge is -2.19. The molecule has 4 rings (SSSR count). The number of carboxylic acids is 1. The minimum atomic E-state index is -4.55. The molecule has 0 radical (unpaired) electrons. The Hall–Kier alpha value is -4.06. The molecule has 3 aromatic carbocycles. The van der Waals surface area contributed by atoms with Gasteiger partial charge in [0, 0.05) is 40.7 Å². The van der Waals surface area contributed by atoms with Crippen LogP contribution in [0, 0.1) is 0 Å². The number of fused-ring (bicyclic) bond motifs is 1. The molecule has 0 aliphatic carbocycles. The number of halogens is 7. The van der Waals surface area contributed by atoms with Gasteiger partial charge in [0.15, 0.2) is 0 Å². The van der Waals surface area contributed by atoms with Gasteiger partial charge in [-0.2, -0.15) is 31.4 Å². The topological polar surface area (TPSA) is 84.2 Å². The molecular formula is C28H22ClF6N3O3. The van der Waals surface area contributed by atoms with Crippen molar-refractivity contribution in [3.05, 3.63) is 88.6 Å². The quantitative estimate of drug-likeness (QED) is 0.196. The molecule has 0 saturated carbocycles. The molecule has 1 aromatic heterocycles. The van der Waals surface area contributed by atoms with Gasteiger partial charge in [-0.05, 0) is 53.9 Å². The van der Waals surface area contributed by atoms with Crippen LogP contribution in [-0.2, 0) is 11.0 Å². The minimum Gasteiger partial charge on any atom is -0.481 e. The van der Waals surface area contributed by atoms with Crippen molar-refractivity contribution in [1.29, 1.82) is 0 Å². The Morgan fingerprint density at radius 3 is 2.29 bits per heavy atom. The summed E-state index contributed by atoms with van der Waals surface area (Å²) in [4.78, 5) is 22.9. The summed E-state index contributed by atoms with van der Waals surface area (Å²) in [6, 6.07) is 12.9. The van der Waals surface area contributed by atoms with E-state index in [1.807, 2.05) is 0 Å². The number of amides is 1. The molecule has 0 spiro atoms. The molecule has 0 aliphatic heterocycles. The molecule has 0 aliphatic rings. The third-order valence-electron chi connectivity index (χ3n) is 6.33. The second-order valence-corrected chi connectivity index (χ2v) is 9.67. The average molecular weight is 598 g/mol. The second kappa shape index (κ2) is 11.8. The fourth-order valence-electron chi connectivity index (χ4n) is 4.29. The monoisotopic (exact) mass is 597 g/mol. The van der Waals surface area contributed by atoms with Crippen LogP contribution in [0.3, 0.4) is 0 Å². The normalized spacial score (nSPS) is 12.9. The molecule has 2 N–H and O–H groups in total. The Balaban J connectivity index is 1.63. The Morgan fingerprint density at radius 2 is 1.68 bits per heavy atom. The summed E-state index contributed by atoms with van der Waals surface area (Å²) in [7, 11) is 0. The number of aromatic nitrogens is 2. The number of benzene rings is 3. The lowest BCUT2D eigenvalue weighted by Crippen LogP contribution is -2.26. The van der Waals surface area contributed by atoms with Crippen LogP contribution >= 0.6 is 11.6 Å². The van der Waals surface area contributed by atoms with E-state index in [0.29, 0.717) is 27.6 Å². The Kier molecular flexibility index (Phi) is 8.62. The SMILES string of the molecule is O=C(O)CCNC(=O)c1ccc(C(CCC(F)(F)F)n2cc3cc(-c4ccc(C(F)(F)F)cc4Cl)ccc3n2)cc1. The standard InChI is InChI=1S/C28H22ClF6N3O3/c29-22-14-20(28(33,34)35)6-7-21(22)18-5-8-23-19(13-18)15-38(37-23)24(9-11-27(30,31)32)16-1-3-17(4-2-16)26(41)36-12-10-25(39)40/h1-8,13-15,24H,9-12H2,(H,36,41)(H,39,40). The molecule has 0 bridgehead atoms. The summed E-state index contributed by atoms with van der Waals surface area (Å²) in [5.41, 5.74) is 1.06. The summed E-state index contributed by atoms with van der Waals surface area (Å²) in [6.07, 6.45) is -9.15. The van der Waals surface area contributed by atoms with Crippen molar-refractivity contribution in [2.75, 3.05) is 6.54 Å². The first kappa shape index (κ1) is 29.9. The van der Waals surface area contributed by atoms with Gasteiger partial charge in [-0.15, -0.1) is 0 Å². The van der Waals surface area contributed by atoms with Crippen LogP contribution in [0.25, 0.3) is 22.0 Å². The summed E-state index contributed by atoms with van der Waals surface area (Å²) < 4.78 is 80.0. The van der Waals surface area contributed by atoms with Crippen molar-refractivity contribution in [1.82, 2.24) is 15.1 Å². The highest BCUT2D eigenvalue weighted by Crippen LogP contribution is 2.37. The largest absolute Gasteiger partial charge is 0.481 e. The van der Waals surface area contributed by atoms with E-state index in [-0.39, 0.29) is 30.0 Å². The van der Waals surface area contributed by atoms with Gasteiger partial charge in [-0.1, -0.05) is 35.9 Å². The highest BCUT2D eigenvalue weighted by Gasteiger charge is 2.31. The lowest BCUT2D eigenvalue weighted by molar-refractivity contribution is -0.138. The lowest BCUT2D eigenvalue weighted by atomic mass is 10.00. The average Bonchev–Trinajstić information content (AvgIpc) is 3.30. The maximum atomic E-state index is 13.2. The van der Waals surface area contributed by atoms with E-state index >= 15 is 0 Å². The number of carbonyl (C=O) groups is 2. The number of carboxylic acid groups (broad SMARTS) is 1. The molecular weight excluding hydrogens is 576 g/mol. The second-order valence-electron chi connectivity index (χ2n) is 9.27. The fraction of sp³-hybridized carbons (Fsp3) is 0.250. The van der Waals surface area contributed by atoms with E-state index < -0.39 is 42.3 Å². The van der Waals surface area contributed by atoms with Crippen LogP contribution in [0.5, 0.6) is 0 Å². The van der Waals surface area contributed by atoms with Crippen LogP contribution in [0.2, 0.25) is 5.02 Å². The molecule has 1 amide bonds. The molecule has 0 saturated heterocycles. The van der Waals surface area contributed by atoms with Gasteiger partial charge in [0.2, 0.25) is 0 Å². The molecule has 41 heavy (non-hydrogen) atoms. The molecule has 1 atom stereocenters. The Bertz CT molecular complexity index is 1570. The van der Waals surface area contributed by atoms with Gasteiger partial charge in [0.25, 0.3) is 5.91 Å². The first-order valence-corrected chi connectivity index (χ1v) is 12.6. The van der Waals surface area contributed by atoms with Crippen molar-refractivity contribution in [2.45, 2.75) is 37.7 Å². The van der Waals surface area contributed by atoms with Gasteiger partial charge in [-0.3, -0.25) is 14.3 Å². The third-order valence-corrected chi connectivity index (χ3v) is 6.64. The number of rotatable bonds is 9. The Morgan fingerprint density at radius 1 is 0.976 bits per heavy atom. The Labute approximate surface area is 234 Å². The molecule has 0 fully saturated rings. The zero-order valence-electron chi connectivity index (χ0n) is 21.1. The van der Waals surface area contributed by atoms with Gasteiger partial charge < -0.3 is 10.4 Å². The maximum absolute atomic E-state index is 13.2. The number of nitrogens with zero attached hydrogens (tertiary/aromatic N) is 2. The number of alkyl halides is 6. The molecule has 1 unspecified atom stereocenters. The zero-order chi connectivity index (χ0) is 29.9. The van der Waals surface area contributed by atoms with Crippen molar-refractivity contribution >= 4 is 34.4 Å². The molecule has 6 nitrogen and oxygen atoms in total. The molecule has 1 heterocycles. The maximum Gasteiger partial charge on any atom is 0.416 e. The van der Waals surface area contributed by atoms with E-state index in [9.17, 15) is 35.9 Å². The predicted octanol–water partition coefficient (Wildman–Crippen LogP) is 7.51. The minimum absolute atomic E-state index is 0.0797. The van der Waals surface area contributed by atoms with E-state index in [1.165, 1.54) is 35.0 Å². The van der Waals surface area contributed by atoms with Crippen LogP contribution in [0.15, 0.2) is 66.9 Å². The highest BCUT2D eigenvalue weighted by atomic mass is 35.5. The smallest absolute Gasteiger partial charge is 0.416 e. The predicted molar refractivity (Wildman–Crippen MR) is 140 cm³/mol. The van der Waals surface area contributed by atoms with Gasteiger partial charge in [-0.25, -0.2) is 0 Å². The third kappa shape index (κ3) is 7.57. The summed E-state index contributed by atoms with van der Waals surface area (Å²) in [6.45, 7) is -0.0797. The van der Waals surface area contributed by atoms with Crippen LogP contribution in [0.4, 0.5) is 26.3 Å². The number of carbonyl (C=O) groups excluding carboxylic acids is 1. The summed E-state index contributed by atoms with van der Waals surface area (Å²) >= 11 is 6.14. The zero-order valence-corrected chi connectivity index (χ0v) is 21.8. The van der Waals surface area contributed by atoms with Crippen molar-refractivity contribution < 1.29 is 41.0 Å². The van der Waals surface area contributed by atoms with Gasteiger partial charge >= 0.3 is 18.3 Å². The number of hydrogen-bond acceptors (Lipinski definition) is 3. The molecule has 216 valence electrons. The number of aliphatic carboxylic acids is 1. The van der Waals surface area contributed by atoms with E-state index in [4.69, 9.17) is 16.7 Å². The van der Waals surface area contributed by atoms with Crippen LogP contribution < -0.4 is 5.32 Å². The number of nitrogens with one attached hydrogen (secondary N) is 1. The summed E-state index contributed by atoms with van der Waals surface area (Å²) in [5, 5.41) is 16.0. The van der Waals surface area contributed by atoms with Crippen molar-refractivity contribution in [3.63, 3.8) is 0 Å². The van der Waals surface area contributed by atoms with Crippen molar-refractivity contribution in [2.24, 2.45) is 0 Å². The van der Waals surface area contributed by atoms with E-state index in [1.54, 1.807) is 24.4 Å². The van der Waals surface area contributed by atoms with Crippen LogP contribution in [-0.4, -0.2) is 39.5 Å². The molecule has 13 heteroatoms. The van der Waals surface area contributed by atoms with Gasteiger partial charge in [0.05, 0.1) is 23.5 Å². The van der Waals surface area contributed by atoms with Crippen LogP contribution in [0.1, 0.15) is 46.8 Å². The van der Waals surface area contributed by atoms with Crippen molar-refractivity contribution in [3.8, 4) is 11.1 Å². The van der Waals surface area contributed by atoms with E-state index in [2.05, 4.69) is 10.4 Å². The van der Waals surface area contributed by atoms with E-state index in [0.717, 1.165) is 12.1 Å². The first-order chi connectivity index (χ1) is 19.2. The molecule has 4 aromatic rings. The number of hydrogen-bond donors (Lipinski definition) is 2. The van der Waals surface area contributed by atoms with Gasteiger partial charge in [0.1, 0.15) is 0 Å². The highest BCUT2D eigenvalue weighted by molar-refractivity contribution is 6.33. The summed E-state index contributed by atoms with van der Waals surface area (Å²) in [5.74, 6) is -1.60. The first-order valence-electron chi connectivity index (χ1n) is 12.2.